The van der Waals surface area contributed by atoms with E-state index in [-0.39, 0.29) is 17.5 Å². The number of ether oxygens (including phenoxy) is 2. The van der Waals surface area contributed by atoms with Crippen LogP contribution in [0.4, 0.5) is 0 Å². The van der Waals surface area contributed by atoms with Crippen molar-refractivity contribution in [1.82, 2.24) is 29.5 Å². The Morgan fingerprint density at radius 2 is 2.00 bits per heavy atom. The number of rotatable bonds is 7. The van der Waals surface area contributed by atoms with Crippen LogP contribution in [0.3, 0.4) is 0 Å². The van der Waals surface area contributed by atoms with E-state index >= 15 is 0 Å². The smallest absolute Gasteiger partial charge is 0.203 e. The van der Waals surface area contributed by atoms with Crippen molar-refractivity contribution in [1.29, 1.82) is 0 Å². The lowest BCUT2D eigenvalue weighted by Gasteiger charge is -2.26. The zero-order chi connectivity index (χ0) is 22.8. The molecule has 4 aromatic rings. The molecule has 1 fully saturated rings. The summed E-state index contributed by atoms with van der Waals surface area (Å²) >= 11 is 0. The molecule has 0 aliphatic carbocycles. The van der Waals surface area contributed by atoms with Crippen LogP contribution >= 0.6 is 0 Å². The molecule has 1 aromatic carbocycles. The van der Waals surface area contributed by atoms with Crippen LogP contribution in [0.5, 0.6) is 5.75 Å². The molecule has 4 heterocycles. The van der Waals surface area contributed by atoms with Gasteiger partial charge in [-0.25, -0.2) is 14.6 Å². The lowest BCUT2D eigenvalue weighted by molar-refractivity contribution is -0.0799. The van der Waals surface area contributed by atoms with E-state index in [1.165, 1.54) is 0 Å². The minimum absolute atomic E-state index is 0.0716. The van der Waals surface area contributed by atoms with Gasteiger partial charge in [-0.2, -0.15) is 10.2 Å². The van der Waals surface area contributed by atoms with Crippen molar-refractivity contribution in [3.63, 3.8) is 0 Å². The Bertz CT molecular complexity index is 1310. The average Bonchev–Trinajstić information content (AvgIpc) is 3.31. The summed E-state index contributed by atoms with van der Waals surface area (Å²) in [6.45, 7) is 5.95. The molecule has 1 saturated heterocycles. The molecule has 33 heavy (non-hydrogen) atoms. The number of aromatic nitrogens is 6. The van der Waals surface area contributed by atoms with Crippen molar-refractivity contribution < 1.29 is 9.47 Å². The summed E-state index contributed by atoms with van der Waals surface area (Å²) in [6.07, 6.45) is 8.71. The van der Waals surface area contributed by atoms with Crippen LogP contribution in [0, 0.1) is 0 Å². The predicted octanol–water partition coefficient (Wildman–Crippen LogP) is 2.84. The molecule has 0 amide bonds. The number of hydrogen-bond acceptors (Lipinski definition) is 7. The fourth-order valence-corrected chi connectivity index (χ4v) is 3.62. The maximum atomic E-state index is 12.6. The second kappa shape index (κ2) is 8.95. The van der Waals surface area contributed by atoms with E-state index < -0.39 is 0 Å². The highest BCUT2D eigenvalue weighted by Crippen LogP contribution is 2.25. The van der Waals surface area contributed by atoms with E-state index in [4.69, 9.17) is 9.47 Å². The lowest BCUT2D eigenvalue weighted by atomic mass is 9.95. The standard InChI is InChI=1S/C24H24N6O3/c1-3-29-13-19(10-27-29)30-8-7-22(31)23(28-30)16(2)17-5-4-6-18(9-17)24-25-11-20(12-26-24)33-21-14-32-15-21/h4-13,16,21H,3,14-15H2,1-2H3. The highest BCUT2D eigenvalue weighted by atomic mass is 16.6. The van der Waals surface area contributed by atoms with Crippen molar-refractivity contribution in [2.24, 2.45) is 0 Å². The van der Waals surface area contributed by atoms with E-state index in [0.29, 0.717) is 30.5 Å². The molecule has 168 valence electrons. The molecule has 1 aliphatic heterocycles. The Morgan fingerprint density at radius 3 is 2.70 bits per heavy atom. The van der Waals surface area contributed by atoms with Crippen LogP contribution in [-0.4, -0.2) is 48.8 Å². The molecule has 1 aliphatic rings. The van der Waals surface area contributed by atoms with Crippen LogP contribution in [0.1, 0.15) is 31.0 Å². The molecule has 3 aromatic heterocycles. The average molecular weight is 444 g/mol. The summed E-state index contributed by atoms with van der Waals surface area (Å²) in [5.41, 5.74) is 2.98. The van der Waals surface area contributed by atoms with Crippen LogP contribution in [0.2, 0.25) is 0 Å². The van der Waals surface area contributed by atoms with Gasteiger partial charge in [-0.15, -0.1) is 0 Å². The van der Waals surface area contributed by atoms with Gasteiger partial charge >= 0.3 is 0 Å². The Hall–Kier alpha value is -3.85. The molecule has 0 spiro atoms. The van der Waals surface area contributed by atoms with Crippen LogP contribution in [0.15, 0.2) is 66.1 Å². The number of benzene rings is 1. The van der Waals surface area contributed by atoms with Crippen molar-refractivity contribution in [3.8, 4) is 22.8 Å². The van der Waals surface area contributed by atoms with E-state index in [2.05, 4.69) is 20.2 Å². The van der Waals surface area contributed by atoms with Crippen molar-refractivity contribution in [2.45, 2.75) is 32.4 Å². The van der Waals surface area contributed by atoms with Gasteiger partial charge in [0, 0.05) is 30.3 Å². The Kier molecular flexibility index (Phi) is 5.70. The number of nitrogens with zero attached hydrogens (tertiary/aromatic N) is 6. The highest BCUT2D eigenvalue weighted by Gasteiger charge is 2.20. The molecule has 1 unspecified atom stereocenters. The van der Waals surface area contributed by atoms with Gasteiger partial charge in [0.25, 0.3) is 0 Å². The molecule has 0 radical (unpaired) electrons. The Balaban J connectivity index is 1.40. The van der Waals surface area contributed by atoms with Crippen molar-refractivity contribution >= 4 is 0 Å². The Labute approximate surface area is 190 Å². The zero-order valence-corrected chi connectivity index (χ0v) is 18.5. The first-order valence-electron chi connectivity index (χ1n) is 10.9. The van der Waals surface area contributed by atoms with Crippen molar-refractivity contribution in [2.75, 3.05) is 13.2 Å². The molecular formula is C24H24N6O3. The van der Waals surface area contributed by atoms with Gasteiger partial charge in [-0.05, 0) is 18.6 Å². The molecule has 9 heteroatoms. The molecule has 0 N–H and O–H groups in total. The minimum Gasteiger partial charge on any atom is -0.482 e. The largest absolute Gasteiger partial charge is 0.482 e. The first kappa shape index (κ1) is 21.0. The quantitative estimate of drug-likeness (QED) is 0.432. The number of hydrogen-bond donors (Lipinski definition) is 0. The third kappa shape index (κ3) is 4.40. The maximum absolute atomic E-state index is 12.6. The SMILES string of the molecule is CCn1cc(-n2ccc(=O)c(C(C)c3cccc(-c4ncc(OC5COC5)cn4)c3)n2)cn1. The second-order valence-corrected chi connectivity index (χ2v) is 7.93. The van der Waals surface area contributed by atoms with E-state index in [9.17, 15) is 4.79 Å². The third-order valence-electron chi connectivity index (χ3n) is 5.64. The fraction of sp³-hybridized carbons (Fsp3) is 0.292. The van der Waals surface area contributed by atoms with E-state index in [0.717, 1.165) is 23.4 Å². The maximum Gasteiger partial charge on any atom is 0.203 e. The monoisotopic (exact) mass is 444 g/mol. The zero-order valence-electron chi connectivity index (χ0n) is 18.5. The lowest BCUT2D eigenvalue weighted by Crippen LogP contribution is -2.38. The van der Waals surface area contributed by atoms with Gasteiger partial charge in [0.2, 0.25) is 5.43 Å². The van der Waals surface area contributed by atoms with Gasteiger partial charge in [-0.1, -0.05) is 25.1 Å². The Morgan fingerprint density at radius 1 is 1.18 bits per heavy atom. The summed E-state index contributed by atoms with van der Waals surface area (Å²) < 4.78 is 14.4. The van der Waals surface area contributed by atoms with Crippen LogP contribution in [0.25, 0.3) is 17.1 Å². The number of aryl methyl sites for hydroxylation is 1. The van der Waals surface area contributed by atoms with Gasteiger partial charge in [-0.3, -0.25) is 9.48 Å². The minimum atomic E-state index is -0.215. The van der Waals surface area contributed by atoms with Crippen LogP contribution < -0.4 is 10.2 Å². The highest BCUT2D eigenvalue weighted by molar-refractivity contribution is 5.57. The topological polar surface area (TPSA) is 97.0 Å². The molecule has 0 saturated carbocycles. The third-order valence-corrected chi connectivity index (χ3v) is 5.64. The molecule has 1 atom stereocenters. The van der Waals surface area contributed by atoms with E-state index in [1.54, 1.807) is 35.5 Å². The summed E-state index contributed by atoms with van der Waals surface area (Å²) in [4.78, 5) is 21.5. The van der Waals surface area contributed by atoms with Gasteiger partial charge in [0.1, 0.15) is 17.5 Å². The van der Waals surface area contributed by atoms with Crippen molar-refractivity contribution in [3.05, 3.63) is 82.8 Å². The molecule has 0 bridgehead atoms. The summed E-state index contributed by atoms with van der Waals surface area (Å²) in [6, 6.07) is 9.40. The first-order chi connectivity index (χ1) is 16.1. The molecular weight excluding hydrogens is 420 g/mol. The molecule has 9 nitrogen and oxygen atoms in total. The fourth-order valence-electron chi connectivity index (χ4n) is 3.62. The first-order valence-corrected chi connectivity index (χ1v) is 10.9. The summed E-state index contributed by atoms with van der Waals surface area (Å²) in [5, 5.41) is 8.90. The normalized spacial score (nSPS) is 14.6. The second-order valence-electron chi connectivity index (χ2n) is 7.93. The molecule has 5 rings (SSSR count). The summed E-state index contributed by atoms with van der Waals surface area (Å²) in [5.74, 6) is 0.996. The van der Waals surface area contributed by atoms with Crippen LogP contribution in [-0.2, 0) is 11.3 Å². The van der Waals surface area contributed by atoms with Gasteiger partial charge in [0.05, 0.1) is 38.0 Å². The van der Waals surface area contributed by atoms with Gasteiger partial charge < -0.3 is 9.47 Å². The van der Waals surface area contributed by atoms with Gasteiger partial charge in [0.15, 0.2) is 11.6 Å². The van der Waals surface area contributed by atoms with E-state index in [1.807, 2.05) is 49.0 Å². The summed E-state index contributed by atoms with van der Waals surface area (Å²) in [7, 11) is 0. The predicted molar refractivity (Wildman–Crippen MR) is 122 cm³/mol.